The van der Waals surface area contributed by atoms with Gasteiger partial charge in [0.25, 0.3) is 5.91 Å². The number of nitrogens with zero attached hydrogens (tertiary/aromatic N) is 2. The first-order valence-electron chi connectivity index (χ1n) is 5.85. The first-order valence-corrected chi connectivity index (χ1v) is 5.85. The summed E-state index contributed by atoms with van der Waals surface area (Å²) in [6, 6.07) is 5.11. The zero-order chi connectivity index (χ0) is 13.1. The second kappa shape index (κ2) is 5.14. The highest BCUT2D eigenvalue weighted by Gasteiger charge is 2.26. The van der Waals surface area contributed by atoms with Gasteiger partial charge in [0.15, 0.2) is 0 Å². The number of nitrogen functional groups attached to an aromatic ring is 1. The largest absolute Gasteiger partial charge is 0.337 e. The highest BCUT2D eigenvalue weighted by molar-refractivity contribution is 5.91. The maximum absolute atomic E-state index is 11.7. The topological polar surface area (TPSA) is 88.3 Å². The van der Waals surface area contributed by atoms with E-state index < -0.39 is 5.91 Å². The Morgan fingerprint density at radius 2 is 2.39 bits per heavy atom. The molecule has 2 rings (SSSR count). The Hall–Kier alpha value is -1.95. The van der Waals surface area contributed by atoms with Crippen LogP contribution in [0.15, 0.2) is 18.2 Å². The summed E-state index contributed by atoms with van der Waals surface area (Å²) in [6.45, 7) is 3.23. The van der Waals surface area contributed by atoms with Crippen molar-refractivity contribution in [2.24, 2.45) is 11.8 Å². The maximum atomic E-state index is 11.7. The van der Waals surface area contributed by atoms with Crippen molar-refractivity contribution < 1.29 is 9.59 Å². The van der Waals surface area contributed by atoms with Crippen LogP contribution < -0.4 is 11.3 Å². The fourth-order valence-corrected chi connectivity index (χ4v) is 2.09. The third-order valence-corrected chi connectivity index (χ3v) is 2.93. The third-order valence-electron chi connectivity index (χ3n) is 2.93. The molecule has 1 aliphatic rings. The summed E-state index contributed by atoms with van der Waals surface area (Å²) < 4.78 is 0. The smallest absolute Gasteiger partial charge is 0.283 e. The van der Waals surface area contributed by atoms with Crippen LogP contribution in [0.5, 0.6) is 0 Å². The standard InChI is InChI=1S/C12H16N4O2/c1-8-5-11(17)16(6-8)7-9-3-2-4-10(14-9)12(18)15-13/h2-4,8H,5-7,13H2,1H3,(H,15,18). The number of hydrogen-bond acceptors (Lipinski definition) is 4. The van der Waals surface area contributed by atoms with Crippen LogP contribution in [0, 0.1) is 5.92 Å². The maximum Gasteiger partial charge on any atom is 0.283 e. The molecule has 18 heavy (non-hydrogen) atoms. The number of amides is 2. The van der Waals surface area contributed by atoms with E-state index in [0.717, 1.165) is 6.54 Å². The molecule has 6 nitrogen and oxygen atoms in total. The van der Waals surface area contributed by atoms with E-state index in [1.165, 1.54) is 0 Å². The molecule has 0 radical (unpaired) electrons. The Bertz CT molecular complexity index is 475. The SMILES string of the molecule is CC1CC(=O)N(Cc2cccc(C(=O)NN)n2)C1. The molecule has 1 unspecified atom stereocenters. The molecule has 2 heterocycles. The number of carbonyl (C=O) groups is 2. The Morgan fingerprint density at radius 1 is 1.61 bits per heavy atom. The van der Waals surface area contributed by atoms with Crippen molar-refractivity contribution >= 4 is 11.8 Å². The van der Waals surface area contributed by atoms with E-state index >= 15 is 0 Å². The van der Waals surface area contributed by atoms with E-state index in [2.05, 4.69) is 4.98 Å². The summed E-state index contributed by atoms with van der Waals surface area (Å²) in [7, 11) is 0. The Kier molecular flexibility index (Phi) is 3.57. The molecule has 1 aromatic rings. The predicted molar refractivity (Wildman–Crippen MR) is 65.1 cm³/mol. The van der Waals surface area contributed by atoms with Gasteiger partial charge in [-0.05, 0) is 18.1 Å². The first kappa shape index (κ1) is 12.5. The zero-order valence-electron chi connectivity index (χ0n) is 10.2. The van der Waals surface area contributed by atoms with Crippen LogP contribution in [-0.2, 0) is 11.3 Å². The second-order valence-corrected chi connectivity index (χ2v) is 4.57. The van der Waals surface area contributed by atoms with Gasteiger partial charge in [0.2, 0.25) is 5.91 Å². The van der Waals surface area contributed by atoms with Gasteiger partial charge in [-0.25, -0.2) is 10.8 Å². The lowest BCUT2D eigenvalue weighted by Gasteiger charge is -2.15. The fourth-order valence-electron chi connectivity index (χ4n) is 2.09. The van der Waals surface area contributed by atoms with Crippen LogP contribution in [0.1, 0.15) is 29.5 Å². The van der Waals surface area contributed by atoms with Crippen molar-refractivity contribution in [1.82, 2.24) is 15.3 Å². The Morgan fingerprint density at radius 3 is 3.00 bits per heavy atom. The van der Waals surface area contributed by atoms with Gasteiger partial charge in [-0.15, -0.1) is 0 Å². The zero-order valence-corrected chi connectivity index (χ0v) is 10.2. The van der Waals surface area contributed by atoms with Crippen molar-refractivity contribution in [2.75, 3.05) is 6.54 Å². The van der Waals surface area contributed by atoms with Gasteiger partial charge in [0, 0.05) is 13.0 Å². The lowest BCUT2D eigenvalue weighted by molar-refractivity contribution is -0.128. The summed E-state index contributed by atoms with van der Waals surface area (Å²) in [5, 5.41) is 0. The predicted octanol–water partition coefficient (Wildman–Crippen LogP) is 0.0535. The average Bonchev–Trinajstić information content (AvgIpc) is 2.67. The van der Waals surface area contributed by atoms with Crippen molar-refractivity contribution in [3.05, 3.63) is 29.6 Å². The van der Waals surface area contributed by atoms with E-state index in [-0.39, 0.29) is 11.6 Å². The molecule has 1 atom stereocenters. The van der Waals surface area contributed by atoms with Crippen LogP contribution in [0.25, 0.3) is 0 Å². The first-order chi connectivity index (χ1) is 8.60. The van der Waals surface area contributed by atoms with Gasteiger partial charge in [-0.2, -0.15) is 0 Å². The number of aromatic nitrogens is 1. The summed E-state index contributed by atoms with van der Waals surface area (Å²) in [4.78, 5) is 28.9. The van der Waals surface area contributed by atoms with E-state index in [1.54, 1.807) is 23.1 Å². The molecule has 6 heteroatoms. The minimum atomic E-state index is -0.432. The Labute approximate surface area is 105 Å². The normalized spacial score (nSPS) is 19.1. The lowest BCUT2D eigenvalue weighted by atomic mass is 10.2. The van der Waals surface area contributed by atoms with Crippen molar-refractivity contribution in [1.29, 1.82) is 0 Å². The second-order valence-electron chi connectivity index (χ2n) is 4.57. The van der Waals surface area contributed by atoms with E-state index in [1.807, 2.05) is 12.3 Å². The Balaban J connectivity index is 2.10. The number of hydrazine groups is 1. The summed E-state index contributed by atoms with van der Waals surface area (Å²) in [5.41, 5.74) is 2.99. The molecule has 0 saturated carbocycles. The van der Waals surface area contributed by atoms with Crippen molar-refractivity contribution in [3.8, 4) is 0 Å². The molecule has 0 aliphatic carbocycles. The van der Waals surface area contributed by atoms with Crippen LogP contribution >= 0.6 is 0 Å². The number of nitrogens with one attached hydrogen (secondary N) is 1. The van der Waals surface area contributed by atoms with Crippen LogP contribution in [0.2, 0.25) is 0 Å². The van der Waals surface area contributed by atoms with Gasteiger partial charge in [-0.3, -0.25) is 15.0 Å². The molecule has 1 saturated heterocycles. The van der Waals surface area contributed by atoms with E-state index in [4.69, 9.17) is 5.84 Å². The molecule has 2 amide bonds. The summed E-state index contributed by atoms with van der Waals surface area (Å²) >= 11 is 0. The highest BCUT2D eigenvalue weighted by Crippen LogP contribution is 2.18. The molecular weight excluding hydrogens is 232 g/mol. The molecular formula is C12H16N4O2. The van der Waals surface area contributed by atoms with Crippen LogP contribution in [0.3, 0.4) is 0 Å². The van der Waals surface area contributed by atoms with Crippen molar-refractivity contribution in [2.45, 2.75) is 19.9 Å². The van der Waals surface area contributed by atoms with Gasteiger partial charge >= 0.3 is 0 Å². The van der Waals surface area contributed by atoms with E-state index in [0.29, 0.717) is 24.6 Å². The number of likely N-dealkylation sites (tertiary alicyclic amines) is 1. The molecule has 0 aromatic carbocycles. The number of pyridine rings is 1. The summed E-state index contributed by atoms with van der Waals surface area (Å²) in [5.74, 6) is 5.14. The van der Waals surface area contributed by atoms with E-state index in [9.17, 15) is 9.59 Å². The minimum absolute atomic E-state index is 0.137. The minimum Gasteiger partial charge on any atom is -0.337 e. The lowest BCUT2D eigenvalue weighted by Crippen LogP contribution is -2.31. The highest BCUT2D eigenvalue weighted by atomic mass is 16.2. The number of carbonyl (C=O) groups excluding carboxylic acids is 2. The molecule has 3 N–H and O–H groups in total. The molecule has 1 aliphatic heterocycles. The third kappa shape index (κ3) is 2.65. The molecule has 1 aromatic heterocycles. The monoisotopic (exact) mass is 248 g/mol. The molecule has 96 valence electrons. The van der Waals surface area contributed by atoms with Gasteiger partial charge < -0.3 is 4.90 Å². The summed E-state index contributed by atoms with van der Waals surface area (Å²) in [6.07, 6.45) is 0.586. The molecule has 0 bridgehead atoms. The molecule has 1 fully saturated rings. The fraction of sp³-hybridized carbons (Fsp3) is 0.417. The van der Waals surface area contributed by atoms with Gasteiger partial charge in [0.05, 0.1) is 12.2 Å². The number of hydrogen-bond donors (Lipinski definition) is 2. The quantitative estimate of drug-likeness (QED) is 0.449. The van der Waals surface area contributed by atoms with Crippen molar-refractivity contribution in [3.63, 3.8) is 0 Å². The number of nitrogens with two attached hydrogens (primary N) is 1. The van der Waals surface area contributed by atoms with Gasteiger partial charge in [-0.1, -0.05) is 13.0 Å². The molecule has 0 spiro atoms. The van der Waals surface area contributed by atoms with Crippen LogP contribution in [0.4, 0.5) is 0 Å². The van der Waals surface area contributed by atoms with Gasteiger partial charge in [0.1, 0.15) is 5.69 Å². The number of rotatable bonds is 3. The average molecular weight is 248 g/mol. The van der Waals surface area contributed by atoms with Crippen LogP contribution in [-0.4, -0.2) is 28.2 Å².